The van der Waals surface area contributed by atoms with Gasteiger partial charge in [-0.25, -0.2) is 8.42 Å². The van der Waals surface area contributed by atoms with Crippen molar-refractivity contribution in [3.8, 4) is 0 Å². The topological polar surface area (TPSA) is 88.4 Å². The zero-order valence-corrected chi connectivity index (χ0v) is 16.3. The lowest BCUT2D eigenvalue weighted by molar-refractivity contribution is 0.0283. The van der Waals surface area contributed by atoms with Gasteiger partial charge in [0.05, 0.1) is 17.5 Å². The van der Waals surface area contributed by atoms with Crippen molar-refractivity contribution < 1.29 is 13.2 Å². The van der Waals surface area contributed by atoms with Crippen molar-refractivity contribution in [1.29, 1.82) is 0 Å². The predicted octanol–water partition coefficient (Wildman–Crippen LogP) is 0.194. The first-order chi connectivity index (χ1) is 12.4. The van der Waals surface area contributed by atoms with Crippen LogP contribution < -0.4 is 0 Å². The van der Waals surface area contributed by atoms with Gasteiger partial charge in [0.1, 0.15) is 5.82 Å². The molecule has 0 bridgehead atoms. The molecule has 2 atom stereocenters. The van der Waals surface area contributed by atoms with Crippen LogP contribution in [0.15, 0.2) is 0 Å². The molecular weight excluding hydrogens is 354 g/mol. The standard InChI is InChI=1S/C17H27N5O3S/c1-12(2)9-20-7-8-21(14-11-26(24,25)10-13(14)20)17(23)16-19-18-15-5-3-4-6-22(15)16/h12-14H,3-11H2,1-2H3/t13-,14+/m1/s1. The molecule has 8 nitrogen and oxygen atoms in total. The molecular formula is C17H27N5O3S. The van der Waals surface area contributed by atoms with Crippen molar-refractivity contribution in [2.24, 2.45) is 5.92 Å². The number of hydrogen-bond acceptors (Lipinski definition) is 6. The van der Waals surface area contributed by atoms with Crippen LogP contribution in [-0.4, -0.2) is 82.1 Å². The van der Waals surface area contributed by atoms with E-state index in [4.69, 9.17) is 0 Å². The summed E-state index contributed by atoms with van der Waals surface area (Å²) in [6, 6.07) is -0.389. The Labute approximate surface area is 154 Å². The molecule has 2 saturated heterocycles. The van der Waals surface area contributed by atoms with E-state index in [1.54, 1.807) is 4.90 Å². The summed E-state index contributed by atoms with van der Waals surface area (Å²) in [5, 5.41) is 8.33. The number of nitrogens with zero attached hydrogens (tertiary/aromatic N) is 5. The third-order valence-corrected chi connectivity index (χ3v) is 7.40. The molecule has 1 amide bonds. The average molecular weight is 382 g/mol. The SMILES string of the molecule is CC(C)CN1CCN(C(=O)c2nnc3n2CCCC3)[C@H]2CS(=O)(=O)C[C@H]21. The largest absolute Gasteiger partial charge is 0.329 e. The highest BCUT2D eigenvalue weighted by Gasteiger charge is 2.48. The van der Waals surface area contributed by atoms with Crippen molar-refractivity contribution in [2.45, 2.75) is 51.7 Å². The van der Waals surface area contributed by atoms with Crippen LogP contribution >= 0.6 is 0 Å². The molecule has 2 fully saturated rings. The van der Waals surface area contributed by atoms with Crippen molar-refractivity contribution in [3.63, 3.8) is 0 Å². The van der Waals surface area contributed by atoms with Crippen LogP contribution in [0.4, 0.5) is 0 Å². The van der Waals surface area contributed by atoms with E-state index in [1.807, 2.05) is 4.57 Å². The smallest absolute Gasteiger partial charge is 0.292 e. The monoisotopic (exact) mass is 381 g/mol. The lowest BCUT2D eigenvalue weighted by Crippen LogP contribution is -2.61. The van der Waals surface area contributed by atoms with E-state index in [0.29, 0.717) is 24.8 Å². The molecule has 9 heteroatoms. The number of carbonyl (C=O) groups is 1. The van der Waals surface area contributed by atoms with Crippen molar-refractivity contribution in [3.05, 3.63) is 11.6 Å². The fraction of sp³-hybridized carbons (Fsp3) is 0.824. The highest BCUT2D eigenvalue weighted by Crippen LogP contribution is 2.29. The number of fused-ring (bicyclic) bond motifs is 2. The van der Waals surface area contributed by atoms with Gasteiger partial charge in [-0.3, -0.25) is 9.69 Å². The highest BCUT2D eigenvalue weighted by molar-refractivity contribution is 7.91. The first-order valence-corrected chi connectivity index (χ1v) is 11.4. The lowest BCUT2D eigenvalue weighted by atomic mass is 10.0. The predicted molar refractivity (Wildman–Crippen MR) is 96.6 cm³/mol. The van der Waals surface area contributed by atoms with Crippen LogP contribution in [0.3, 0.4) is 0 Å². The summed E-state index contributed by atoms with van der Waals surface area (Å²) in [5.41, 5.74) is 0. The number of aromatic nitrogens is 3. The molecule has 1 aromatic rings. The number of carbonyl (C=O) groups excluding carboxylic acids is 1. The van der Waals surface area contributed by atoms with E-state index in [0.717, 1.165) is 38.2 Å². The Hall–Kier alpha value is -1.48. The summed E-state index contributed by atoms with van der Waals surface area (Å²) >= 11 is 0. The lowest BCUT2D eigenvalue weighted by Gasteiger charge is -2.44. The molecule has 0 N–H and O–H groups in total. The fourth-order valence-electron chi connectivity index (χ4n) is 4.57. The number of piperazine rings is 1. The van der Waals surface area contributed by atoms with Crippen molar-refractivity contribution in [2.75, 3.05) is 31.1 Å². The minimum atomic E-state index is -3.13. The normalized spacial score (nSPS) is 28.2. The third-order valence-electron chi connectivity index (χ3n) is 5.70. The molecule has 3 aliphatic rings. The first-order valence-electron chi connectivity index (χ1n) is 9.53. The molecule has 0 aliphatic carbocycles. The zero-order chi connectivity index (χ0) is 18.5. The van der Waals surface area contributed by atoms with Crippen LogP contribution in [-0.2, 0) is 22.8 Å². The molecule has 0 aromatic carbocycles. The van der Waals surface area contributed by atoms with E-state index < -0.39 is 9.84 Å². The van der Waals surface area contributed by atoms with Gasteiger partial charge >= 0.3 is 0 Å². The second-order valence-corrected chi connectivity index (χ2v) is 10.3. The summed E-state index contributed by atoms with van der Waals surface area (Å²) in [6.07, 6.45) is 2.94. The van der Waals surface area contributed by atoms with Gasteiger partial charge in [-0.05, 0) is 18.8 Å². The van der Waals surface area contributed by atoms with Crippen LogP contribution in [0.5, 0.6) is 0 Å². The summed E-state index contributed by atoms with van der Waals surface area (Å²) < 4.78 is 26.6. The Balaban J connectivity index is 1.61. The van der Waals surface area contributed by atoms with Gasteiger partial charge in [-0.15, -0.1) is 10.2 Å². The molecule has 0 saturated carbocycles. The van der Waals surface area contributed by atoms with E-state index in [9.17, 15) is 13.2 Å². The minimum absolute atomic E-state index is 0.0546. The quantitative estimate of drug-likeness (QED) is 0.743. The highest BCUT2D eigenvalue weighted by atomic mass is 32.2. The Kier molecular flexibility index (Phi) is 4.54. The second kappa shape index (κ2) is 6.60. The van der Waals surface area contributed by atoms with Gasteiger partial charge in [-0.2, -0.15) is 0 Å². The molecule has 3 aliphatic heterocycles. The number of sulfone groups is 1. The summed E-state index contributed by atoms with van der Waals surface area (Å²) in [6.45, 7) is 7.16. The van der Waals surface area contributed by atoms with Gasteiger partial charge in [0, 0.05) is 38.6 Å². The molecule has 4 heterocycles. The van der Waals surface area contributed by atoms with Gasteiger partial charge < -0.3 is 9.47 Å². The Morgan fingerprint density at radius 2 is 1.88 bits per heavy atom. The van der Waals surface area contributed by atoms with Gasteiger partial charge in [0.2, 0.25) is 5.82 Å². The number of hydrogen-bond donors (Lipinski definition) is 0. The maximum atomic E-state index is 13.2. The Bertz CT molecular complexity index is 803. The van der Waals surface area contributed by atoms with E-state index >= 15 is 0 Å². The Morgan fingerprint density at radius 1 is 1.12 bits per heavy atom. The Morgan fingerprint density at radius 3 is 2.65 bits per heavy atom. The summed E-state index contributed by atoms with van der Waals surface area (Å²) in [7, 11) is -3.13. The van der Waals surface area contributed by atoms with Gasteiger partial charge in [-0.1, -0.05) is 13.8 Å². The maximum Gasteiger partial charge on any atom is 0.292 e. The number of aryl methyl sites for hydroxylation is 1. The number of amides is 1. The van der Waals surface area contributed by atoms with Crippen LogP contribution in [0.25, 0.3) is 0 Å². The van der Waals surface area contributed by atoms with Crippen molar-refractivity contribution in [1.82, 2.24) is 24.6 Å². The second-order valence-electron chi connectivity index (χ2n) is 8.15. The molecule has 0 unspecified atom stereocenters. The van der Waals surface area contributed by atoms with Gasteiger partial charge in [0.15, 0.2) is 9.84 Å². The van der Waals surface area contributed by atoms with Crippen molar-refractivity contribution >= 4 is 15.7 Å². The van der Waals surface area contributed by atoms with Crippen LogP contribution in [0.1, 0.15) is 43.1 Å². The fourth-order valence-corrected chi connectivity index (χ4v) is 6.58. The summed E-state index contributed by atoms with van der Waals surface area (Å²) in [5.74, 6) is 1.74. The minimum Gasteiger partial charge on any atom is -0.329 e. The number of rotatable bonds is 3. The van der Waals surface area contributed by atoms with E-state index in [2.05, 4.69) is 28.9 Å². The molecule has 0 radical (unpaired) electrons. The molecule has 144 valence electrons. The zero-order valence-electron chi connectivity index (χ0n) is 15.5. The summed E-state index contributed by atoms with van der Waals surface area (Å²) in [4.78, 5) is 17.2. The average Bonchev–Trinajstić information content (AvgIpc) is 3.14. The van der Waals surface area contributed by atoms with Crippen LogP contribution in [0, 0.1) is 5.92 Å². The van der Waals surface area contributed by atoms with E-state index in [-0.39, 0.29) is 29.5 Å². The molecule has 26 heavy (non-hydrogen) atoms. The molecule has 0 spiro atoms. The first kappa shape index (κ1) is 17.9. The maximum absolute atomic E-state index is 13.2. The van der Waals surface area contributed by atoms with Gasteiger partial charge in [0.25, 0.3) is 5.91 Å². The third kappa shape index (κ3) is 3.15. The molecule has 4 rings (SSSR count). The van der Waals surface area contributed by atoms with Crippen LogP contribution in [0.2, 0.25) is 0 Å². The molecule has 1 aromatic heterocycles. The van der Waals surface area contributed by atoms with E-state index in [1.165, 1.54) is 0 Å².